The van der Waals surface area contributed by atoms with Gasteiger partial charge in [-0.15, -0.1) is 0 Å². The molecule has 1 N–H and O–H groups in total. The number of aliphatic hydroxyl groups excluding tert-OH is 1. The standard InChI is InChI=1S/C23H29NO5S/c1-17-6-7-19-4-2-3-5-22(19)24(17)30(26,27)21-8-9-23(20(14-21)15-25)29-16-18-10-12-28-13-11-18/h2-5,8-9,14,17-18,25H,6-7,10-13,15-16H2,1H3. The van der Waals surface area contributed by atoms with Crippen molar-refractivity contribution in [2.75, 3.05) is 24.1 Å². The van der Waals surface area contributed by atoms with Gasteiger partial charge in [0.25, 0.3) is 10.0 Å². The van der Waals surface area contributed by atoms with Gasteiger partial charge in [-0.3, -0.25) is 4.31 Å². The number of sulfonamides is 1. The number of rotatable bonds is 6. The van der Waals surface area contributed by atoms with Crippen molar-refractivity contribution in [3.05, 3.63) is 53.6 Å². The number of anilines is 1. The van der Waals surface area contributed by atoms with Gasteiger partial charge in [0, 0.05) is 24.8 Å². The van der Waals surface area contributed by atoms with Gasteiger partial charge in [-0.05, 0) is 68.4 Å². The maximum absolute atomic E-state index is 13.5. The Morgan fingerprint density at radius 1 is 1.13 bits per heavy atom. The first-order valence-electron chi connectivity index (χ1n) is 10.6. The molecule has 1 unspecified atom stereocenters. The molecule has 1 fully saturated rings. The van der Waals surface area contributed by atoms with Gasteiger partial charge in [-0.25, -0.2) is 8.42 Å². The van der Waals surface area contributed by atoms with Crippen LogP contribution in [-0.4, -0.2) is 39.4 Å². The molecule has 0 bridgehead atoms. The maximum Gasteiger partial charge on any atom is 0.264 e. The van der Waals surface area contributed by atoms with Crippen LogP contribution >= 0.6 is 0 Å². The van der Waals surface area contributed by atoms with Crippen molar-refractivity contribution in [1.29, 1.82) is 0 Å². The van der Waals surface area contributed by atoms with E-state index in [-0.39, 0.29) is 17.5 Å². The Balaban J connectivity index is 1.60. The monoisotopic (exact) mass is 431 g/mol. The minimum atomic E-state index is -3.76. The lowest BCUT2D eigenvalue weighted by Crippen LogP contribution is -2.42. The van der Waals surface area contributed by atoms with E-state index in [4.69, 9.17) is 9.47 Å². The number of hydrogen-bond donors (Lipinski definition) is 1. The van der Waals surface area contributed by atoms with Crippen LogP contribution in [0.15, 0.2) is 47.4 Å². The molecule has 30 heavy (non-hydrogen) atoms. The summed E-state index contributed by atoms with van der Waals surface area (Å²) < 4.78 is 39.9. The molecule has 2 aromatic carbocycles. The Kier molecular flexibility index (Phi) is 6.32. The molecule has 0 aliphatic carbocycles. The van der Waals surface area contributed by atoms with E-state index in [9.17, 15) is 13.5 Å². The van der Waals surface area contributed by atoms with Crippen LogP contribution in [0.25, 0.3) is 0 Å². The summed E-state index contributed by atoms with van der Waals surface area (Å²) in [5.74, 6) is 0.953. The Bertz CT molecular complexity index is 985. The van der Waals surface area contributed by atoms with E-state index in [1.54, 1.807) is 18.2 Å². The number of nitrogens with zero attached hydrogens (tertiary/aromatic N) is 1. The Morgan fingerprint density at radius 2 is 1.90 bits per heavy atom. The number of benzene rings is 2. The number of aliphatic hydroxyl groups is 1. The first kappa shape index (κ1) is 21.2. The molecular weight excluding hydrogens is 402 g/mol. The van der Waals surface area contributed by atoms with E-state index in [1.165, 1.54) is 4.31 Å². The van der Waals surface area contributed by atoms with Crippen LogP contribution < -0.4 is 9.04 Å². The molecule has 6 nitrogen and oxygen atoms in total. The molecule has 2 aliphatic heterocycles. The summed E-state index contributed by atoms with van der Waals surface area (Å²) in [7, 11) is -3.76. The molecule has 7 heteroatoms. The number of ether oxygens (including phenoxy) is 2. The van der Waals surface area contributed by atoms with Gasteiger partial charge in [0.15, 0.2) is 0 Å². The molecular formula is C23H29NO5S. The van der Waals surface area contributed by atoms with E-state index in [2.05, 4.69) is 0 Å². The fourth-order valence-corrected chi connectivity index (χ4v) is 6.01. The molecule has 0 radical (unpaired) electrons. The van der Waals surface area contributed by atoms with E-state index in [0.717, 1.165) is 50.1 Å². The van der Waals surface area contributed by atoms with Crippen molar-refractivity contribution >= 4 is 15.7 Å². The highest BCUT2D eigenvalue weighted by Gasteiger charge is 2.34. The summed E-state index contributed by atoms with van der Waals surface area (Å²) in [6.07, 6.45) is 3.54. The summed E-state index contributed by atoms with van der Waals surface area (Å²) in [6.45, 7) is 3.69. The highest BCUT2D eigenvalue weighted by atomic mass is 32.2. The number of hydrogen-bond acceptors (Lipinski definition) is 5. The third kappa shape index (κ3) is 4.19. The van der Waals surface area contributed by atoms with Crippen LogP contribution in [0.4, 0.5) is 5.69 Å². The molecule has 0 aromatic heterocycles. The van der Waals surface area contributed by atoms with Gasteiger partial charge >= 0.3 is 0 Å². The summed E-state index contributed by atoms with van der Waals surface area (Å²) in [6, 6.07) is 12.3. The lowest BCUT2D eigenvalue weighted by atomic mass is 9.99. The van der Waals surface area contributed by atoms with Gasteiger partial charge in [-0.1, -0.05) is 18.2 Å². The average Bonchev–Trinajstić information content (AvgIpc) is 2.78. The number of fused-ring (bicyclic) bond motifs is 1. The third-order valence-corrected chi connectivity index (χ3v) is 7.96. The number of aryl methyl sites for hydroxylation is 1. The van der Waals surface area contributed by atoms with Crippen molar-refractivity contribution in [2.45, 2.75) is 50.2 Å². The van der Waals surface area contributed by atoms with Gasteiger partial charge in [0.2, 0.25) is 0 Å². The summed E-state index contributed by atoms with van der Waals surface area (Å²) >= 11 is 0. The molecule has 4 rings (SSSR count). The average molecular weight is 432 g/mol. The Hall–Kier alpha value is -2.09. The molecule has 0 spiro atoms. The van der Waals surface area contributed by atoms with Crippen molar-refractivity contribution in [3.63, 3.8) is 0 Å². The second-order valence-corrected chi connectivity index (χ2v) is 9.93. The van der Waals surface area contributed by atoms with Gasteiger partial charge in [0.05, 0.1) is 23.8 Å². The summed E-state index contributed by atoms with van der Waals surface area (Å²) in [5, 5.41) is 9.86. The van der Waals surface area contributed by atoms with E-state index in [1.807, 2.05) is 31.2 Å². The van der Waals surface area contributed by atoms with Crippen LogP contribution in [0.2, 0.25) is 0 Å². The smallest absolute Gasteiger partial charge is 0.264 e. The quantitative estimate of drug-likeness (QED) is 0.757. The van der Waals surface area contributed by atoms with Crippen molar-refractivity contribution in [2.24, 2.45) is 5.92 Å². The fraction of sp³-hybridized carbons (Fsp3) is 0.478. The zero-order chi connectivity index (χ0) is 21.1. The predicted octanol–water partition coefficient (Wildman–Crippen LogP) is 3.51. The highest BCUT2D eigenvalue weighted by molar-refractivity contribution is 7.92. The lowest BCUT2D eigenvalue weighted by molar-refractivity contribution is 0.0494. The van der Waals surface area contributed by atoms with Crippen molar-refractivity contribution < 1.29 is 23.0 Å². The Labute approximate surface area is 178 Å². The summed E-state index contributed by atoms with van der Waals surface area (Å²) in [5.41, 5.74) is 2.26. The van der Waals surface area contributed by atoms with Gasteiger partial charge in [0.1, 0.15) is 5.75 Å². The molecule has 0 amide bonds. The number of para-hydroxylation sites is 1. The molecule has 2 aromatic rings. The second-order valence-electron chi connectivity index (χ2n) is 8.11. The van der Waals surface area contributed by atoms with Crippen LogP contribution in [-0.2, 0) is 27.8 Å². The molecule has 0 saturated carbocycles. The predicted molar refractivity (Wildman–Crippen MR) is 115 cm³/mol. The topological polar surface area (TPSA) is 76.1 Å². The van der Waals surface area contributed by atoms with E-state index in [0.29, 0.717) is 23.8 Å². The first-order valence-corrected chi connectivity index (χ1v) is 12.0. The first-order chi connectivity index (χ1) is 14.5. The Morgan fingerprint density at radius 3 is 2.67 bits per heavy atom. The van der Waals surface area contributed by atoms with Crippen LogP contribution in [0.3, 0.4) is 0 Å². The lowest BCUT2D eigenvalue weighted by Gasteiger charge is -2.36. The normalized spacial score (nSPS) is 20.1. The van der Waals surface area contributed by atoms with Crippen molar-refractivity contribution in [3.8, 4) is 5.75 Å². The van der Waals surface area contributed by atoms with Gasteiger partial charge in [-0.2, -0.15) is 0 Å². The minimum Gasteiger partial charge on any atom is -0.493 e. The molecule has 1 atom stereocenters. The zero-order valence-electron chi connectivity index (χ0n) is 17.3. The zero-order valence-corrected chi connectivity index (χ0v) is 18.1. The van der Waals surface area contributed by atoms with Crippen LogP contribution in [0, 0.1) is 5.92 Å². The fourth-order valence-electron chi connectivity index (χ4n) is 4.24. The van der Waals surface area contributed by atoms with Gasteiger partial charge < -0.3 is 14.6 Å². The minimum absolute atomic E-state index is 0.132. The van der Waals surface area contributed by atoms with Crippen molar-refractivity contribution in [1.82, 2.24) is 0 Å². The molecule has 162 valence electrons. The van der Waals surface area contributed by atoms with E-state index < -0.39 is 10.0 Å². The molecule has 1 saturated heterocycles. The molecule has 2 aliphatic rings. The maximum atomic E-state index is 13.5. The summed E-state index contributed by atoms with van der Waals surface area (Å²) in [4.78, 5) is 0.175. The third-order valence-electron chi connectivity index (χ3n) is 6.04. The largest absolute Gasteiger partial charge is 0.493 e. The van der Waals surface area contributed by atoms with Crippen LogP contribution in [0.5, 0.6) is 5.75 Å². The van der Waals surface area contributed by atoms with Crippen LogP contribution in [0.1, 0.15) is 37.3 Å². The second kappa shape index (κ2) is 8.96. The SMILES string of the molecule is CC1CCc2ccccc2N1S(=O)(=O)c1ccc(OCC2CCOCC2)c(CO)c1. The molecule has 2 heterocycles. The van der Waals surface area contributed by atoms with E-state index >= 15 is 0 Å². The highest BCUT2D eigenvalue weighted by Crippen LogP contribution is 2.36.